The summed E-state index contributed by atoms with van der Waals surface area (Å²) in [6.07, 6.45) is 6.48. The van der Waals surface area contributed by atoms with Crippen LogP contribution in [0, 0.1) is 0 Å². The summed E-state index contributed by atoms with van der Waals surface area (Å²) in [7, 11) is 3.04. The predicted molar refractivity (Wildman–Crippen MR) is 162 cm³/mol. The van der Waals surface area contributed by atoms with Gasteiger partial charge in [0.25, 0.3) is 0 Å². The van der Waals surface area contributed by atoms with Gasteiger partial charge in [-0.2, -0.15) is 0 Å². The number of oxazole rings is 1. The van der Waals surface area contributed by atoms with Crippen molar-refractivity contribution in [3.05, 3.63) is 60.1 Å². The first-order valence-corrected chi connectivity index (χ1v) is 15.2. The monoisotopic (exact) mass is 607 g/mol. The molecule has 4 bridgehead atoms. The quantitative estimate of drug-likeness (QED) is 0.376. The summed E-state index contributed by atoms with van der Waals surface area (Å²) in [6.45, 7) is 6.24. The van der Waals surface area contributed by atoms with E-state index < -0.39 is 5.97 Å². The smallest absolute Gasteiger partial charge is 0.338 e. The van der Waals surface area contributed by atoms with Crippen molar-refractivity contribution in [1.82, 2.24) is 14.8 Å². The van der Waals surface area contributed by atoms with Gasteiger partial charge in [0.15, 0.2) is 23.7 Å². The molecule has 0 saturated carbocycles. The Bertz CT molecular complexity index is 1360. The van der Waals surface area contributed by atoms with Gasteiger partial charge in [-0.25, -0.2) is 14.6 Å². The minimum Gasteiger partial charge on any atom is -0.493 e. The van der Waals surface area contributed by atoms with Gasteiger partial charge in [0, 0.05) is 31.7 Å². The molecule has 11 heteroatoms. The Morgan fingerprint density at radius 3 is 2.32 bits per heavy atom. The number of rotatable bonds is 5. The van der Waals surface area contributed by atoms with E-state index in [0.717, 1.165) is 64.1 Å². The molecular weight excluding hydrogens is 566 g/mol. The van der Waals surface area contributed by atoms with Gasteiger partial charge in [-0.1, -0.05) is 12.1 Å². The van der Waals surface area contributed by atoms with Crippen LogP contribution in [0.25, 0.3) is 11.3 Å². The Kier molecular flexibility index (Phi) is 11.1. The molecule has 1 saturated heterocycles. The maximum Gasteiger partial charge on any atom is 0.338 e. The fourth-order valence-electron chi connectivity index (χ4n) is 5.59. The molecule has 0 amide bonds. The lowest BCUT2D eigenvalue weighted by Gasteiger charge is -2.24. The molecule has 1 fully saturated rings. The lowest BCUT2D eigenvalue weighted by atomic mass is 10.1. The van der Waals surface area contributed by atoms with Crippen LogP contribution in [0.3, 0.4) is 0 Å². The summed E-state index contributed by atoms with van der Waals surface area (Å²) in [5.41, 5.74) is 1.65. The summed E-state index contributed by atoms with van der Waals surface area (Å²) in [6, 6.07) is 10.4. The highest BCUT2D eigenvalue weighted by molar-refractivity contribution is 5.91. The van der Waals surface area contributed by atoms with E-state index in [-0.39, 0.29) is 12.1 Å². The zero-order valence-electron chi connectivity index (χ0n) is 25.5. The van der Waals surface area contributed by atoms with E-state index in [0.29, 0.717) is 60.2 Å². The van der Waals surface area contributed by atoms with Crippen LogP contribution in [0.4, 0.5) is 0 Å². The van der Waals surface area contributed by atoms with Crippen LogP contribution in [0.2, 0.25) is 0 Å². The van der Waals surface area contributed by atoms with Crippen LogP contribution < -0.4 is 14.2 Å². The van der Waals surface area contributed by atoms with Gasteiger partial charge in [-0.05, 0) is 69.5 Å². The van der Waals surface area contributed by atoms with Gasteiger partial charge in [-0.15, -0.1) is 0 Å². The average Bonchev–Trinajstić information content (AvgIpc) is 3.50. The van der Waals surface area contributed by atoms with E-state index in [2.05, 4.69) is 14.8 Å². The van der Waals surface area contributed by atoms with Gasteiger partial charge in [0.05, 0.1) is 44.8 Å². The third-order valence-corrected chi connectivity index (χ3v) is 8.02. The summed E-state index contributed by atoms with van der Waals surface area (Å²) in [4.78, 5) is 34.9. The molecule has 2 aromatic carbocycles. The largest absolute Gasteiger partial charge is 0.493 e. The highest BCUT2D eigenvalue weighted by Crippen LogP contribution is 2.39. The van der Waals surface area contributed by atoms with Crippen LogP contribution in [0.15, 0.2) is 53.4 Å². The molecule has 11 nitrogen and oxygen atoms in total. The molecule has 3 heterocycles. The van der Waals surface area contributed by atoms with Crippen molar-refractivity contribution in [2.45, 2.75) is 38.2 Å². The molecule has 0 aliphatic carbocycles. The van der Waals surface area contributed by atoms with Crippen LogP contribution >= 0.6 is 0 Å². The zero-order chi connectivity index (χ0) is 30.7. The van der Waals surface area contributed by atoms with Gasteiger partial charge in [0.2, 0.25) is 5.75 Å². The number of ether oxygens (including phenoxy) is 5. The van der Waals surface area contributed by atoms with Crippen molar-refractivity contribution in [2.75, 3.05) is 66.7 Å². The lowest BCUT2D eigenvalue weighted by molar-refractivity contribution is 0.0221. The molecule has 3 atom stereocenters. The number of cyclic esters (lactones) is 1. The second-order valence-electron chi connectivity index (χ2n) is 11.0. The third-order valence-electron chi connectivity index (χ3n) is 8.02. The van der Waals surface area contributed by atoms with E-state index in [1.807, 2.05) is 12.1 Å². The van der Waals surface area contributed by atoms with Crippen molar-refractivity contribution in [2.24, 2.45) is 0 Å². The maximum absolute atomic E-state index is 13.2. The molecule has 5 rings (SSSR count). The number of fused-ring (bicyclic) bond motifs is 5. The first kappa shape index (κ1) is 31.3. The molecule has 2 aliphatic heterocycles. The number of benzene rings is 2. The van der Waals surface area contributed by atoms with Gasteiger partial charge >= 0.3 is 11.9 Å². The predicted octanol–water partition coefficient (Wildman–Crippen LogP) is 4.70. The molecule has 44 heavy (non-hydrogen) atoms. The van der Waals surface area contributed by atoms with Crippen LogP contribution in [-0.2, 0) is 9.47 Å². The summed E-state index contributed by atoms with van der Waals surface area (Å²) < 4.78 is 34.1. The van der Waals surface area contributed by atoms with E-state index in [9.17, 15) is 9.59 Å². The fourth-order valence-corrected chi connectivity index (χ4v) is 5.59. The summed E-state index contributed by atoms with van der Waals surface area (Å²) in [5, 5.41) is 0. The van der Waals surface area contributed by atoms with Crippen molar-refractivity contribution >= 4 is 11.9 Å². The minimum atomic E-state index is -0.434. The second-order valence-corrected chi connectivity index (χ2v) is 11.0. The fraction of sp³-hybridized carbons (Fsp3) is 0.485. The number of esters is 2. The van der Waals surface area contributed by atoms with E-state index in [1.165, 1.54) is 20.6 Å². The standard InChI is InChI=1S/C33H41N3O8/c1-39-28-20-26-21-29(31(28)40-2)41-18-3-6-27(44-33(38)25-9-7-24(8-10-25)30-22-34-23-43-30)11-15-36-13-4-12-35(16-17-36)14-5-19-42-32(26)37/h7-10,20-23,27H,3-6,11-19H2,1-2H3. The molecule has 2 aliphatic rings. The summed E-state index contributed by atoms with van der Waals surface area (Å²) in [5.74, 6) is 1.02. The average molecular weight is 608 g/mol. The highest BCUT2D eigenvalue weighted by atomic mass is 16.5. The van der Waals surface area contributed by atoms with Crippen LogP contribution in [0.1, 0.15) is 52.8 Å². The molecule has 0 N–H and O–H groups in total. The molecule has 0 spiro atoms. The van der Waals surface area contributed by atoms with E-state index in [4.69, 9.17) is 28.1 Å². The van der Waals surface area contributed by atoms with Gasteiger partial charge < -0.3 is 37.9 Å². The van der Waals surface area contributed by atoms with Gasteiger partial charge in [-0.3, -0.25) is 0 Å². The number of nitrogens with zero attached hydrogens (tertiary/aromatic N) is 3. The lowest BCUT2D eigenvalue weighted by Crippen LogP contribution is -2.34. The van der Waals surface area contributed by atoms with Crippen molar-refractivity contribution in [1.29, 1.82) is 0 Å². The Morgan fingerprint density at radius 1 is 0.841 bits per heavy atom. The highest BCUT2D eigenvalue weighted by Gasteiger charge is 2.22. The van der Waals surface area contributed by atoms with E-state index in [1.54, 1.807) is 30.5 Å². The third kappa shape index (κ3) is 8.29. The number of hydrogen-bond donors (Lipinski definition) is 0. The number of methoxy groups -OCH3 is 2. The molecular formula is C33H41N3O8. The Labute approximate surface area is 258 Å². The first-order chi connectivity index (χ1) is 21.5. The Balaban J connectivity index is 1.30. The normalized spacial score (nSPS) is 21.9. The van der Waals surface area contributed by atoms with Crippen LogP contribution in [-0.4, -0.2) is 99.5 Å². The molecule has 3 aromatic rings. The van der Waals surface area contributed by atoms with Crippen molar-refractivity contribution in [3.63, 3.8) is 0 Å². The SMILES string of the molecule is COc1cc2cc(c1OC)OCCCC(OC(=O)c1ccc(-c3cnco3)cc1)CCN1CCCN(CCCOC2=O)CC1. The maximum atomic E-state index is 13.2. The van der Waals surface area contributed by atoms with Crippen molar-refractivity contribution in [3.8, 4) is 28.6 Å². The number of carbonyl (C=O) groups is 2. The topological polar surface area (TPSA) is 113 Å². The first-order valence-electron chi connectivity index (χ1n) is 15.2. The minimum absolute atomic E-state index is 0.292. The molecule has 3 unspecified atom stereocenters. The molecule has 0 radical (unpaired) electrons. The van der Waals surface area contributed by atoms with Crippen molar-refractivity contribution < 1.29 is 37.7 Å². The number of hydrogen-bond acceptors (Lipinski definition) is 11. The van der Waals surface area contributed by atoms with Gasteiger partial charge in [0.1, 0.15) is 6.10 Å². The Morgan fingerprint density at radius 2 is 1.59 bits per heavy atom. The molecule has 236 valence electrons. The number of carbonyl (C=O) groups excluding carboxylic acids is 2. The summed E-state index contributed by atoms with van der Waals surface area (Å²) >= 11 is 0. The second kappa shape index (κ2) is 15.6. The Hall–Kier alpha value is -4.09. The van der Waals surface area contributed by atoms with Crippen LogP contribution in [0.5, 0.6) is 17.2 Å². The number of aromatic nitrogens is 1. The van der Waals surface area contributed by atoms with E-state index >= 15 is 0 Å². The zero-order valence-corrected chi connectivity index (χ0v) is 25.5. The molecule has 1 aromatic heterocycles.